The Hall–Kier alpha value is -1.36. The van der Waals surface area contributed by atoms with Crippen molar-refractivity contribution >= 4 is 23.2 Å². The summed E-state index contributed by atoms with van der Waals surface area (Å²) in [5, 5.41) is 7.36. The molecule has 20 heavy (non-hydrogen) atoms. The van der Waals surface area contributed by atoms with Crippen molar-refractivity contribution in [1.29, 1.82) is 0 Å². The quantitative estimate of drug-likeness (QED) is 0.736. The van der Waals surface area contributed by atoms with E-state index in [0.717, 1.165) is 12.8 Å². The lowest BCUT2D eigenvalue weighted by atomic mass is 9.99. The van der Waals surface area contributed by atoms with E-state index >= 15 is 0 Å². The summed E-state index contributed by atoms with van der Waals surface area (Å²) in [5.41, 5.74) is 0. The van der Waals surface area contributed by atoms with Crippen molar-refractivity contribution in [3.05, 3.63) is 22.4 Å². The molecule has 1 atom stereocenters. The van der Waals surface area contributed by atoms with Gasteiger partial charge in [-0.05, 0) is 23.8 Å². The molecule has 0 aliphatic carbocycles. The number of thiophene rings is 1. The summed E-state index contributed by atoms with van der Waals surface area (Å²) in [7, 11) is 0. The van der Waals surface area contributed by atoms with Gasteiger partial charge in [-0.15, -0.1) is 11.3 Å². The number of nitrogens with one attached hydrogen (secondary N) is 2. The van der Waals surface area contributed by atoms with E-state index < -0.39 is 0 Å². The van der Waals surface area contributed by atoms with E-state index in [4.69, 9.17) is 0 Å². The molecule has 0 saturated carbocycles. The molecule has 0 fully saturated rings. The SMILES string of the molecule is CCCCC(CC)CNC(=O)CNC(=O)c1cccs1. The van der Waals surface area contributed by atoms with Crippen LogP contribution in [0.3, 0.4) is 0 Å². The molecule has 1 unspecified atom stereocenters. The first-order chi connectivity index (χ1) is 9.67. The fraction of sp³-hybridized carbons (Fsp3) is 0.600. The van der Waals surface area contributed by atoms with Crippen molar-refractivity contribution in [3.8, 4) is 0 Å². The Bertz CT molecular complexity index is 404. The predicted molar refractivity (Wildman–Crippen MR) is 83.0 cm³/mol. The molecular weight excluding hydrogens is 272 g/mol. The summed E-state index contributed by atoms with van der Waals surface area (Å²) in [4.78, 5) is 24.0. The average Bonchev–Trinajstić information content (AvgIpc) is 2.99. The molecule has 0 bridgehead atoms. The summed E-state index contributed by atoms with van der Waals surface area (Å²) >= 11 is 1.37. The Morgan fingerprint density at radius 3 is 2.70 bits per heavy atom. The minimum Gasteiger partial charge on any atom is -0.354 e. The van der Waals surface area contributed by atoms with E-state index in [1.807, 2.05) is 11.4 Å². The minimum absolute atomic E-state index is 0.0426. The van der Waals surface area contributed by atoms with E-state index in [-0.39, 0.29) is 18.4 Å². The van der Waals surface area contributed by atoms with Crippen LogP contribution in [0, 0.1) is 5.92 Å². The number of hydrogen-bond donors (Lipinski definition) is 2. The van der Waals surface area contributed by atoms with E-state index in [1.165, 1.54) is 24.2 Å². The number of amides is 2. The van der Waals surface area contributed by atoms with Gasteiger partial charge in [-0.2, -0.15) is 0 Å². The molecule has 0 aliphatic heterocycles. The highest BCUT2D eigenvalue weighted by atomic mass is 32.1. The molecule has 1 aromatic rings. The lowest BCUT2D eigenvalue weighted by Gasteiger charge is -2.15. The molecule has 112 valence electrons. The highest BCUT2D eigenvalue weighted by Crippen LogP contribution is 2.11. The Kier molecular flexibility index (Phi) is 7.95. The van der Waals surface area contributed by atoms with Gasteiger partial charge in [0, 0.05) is 6.54 Å². The molecule has 0 aromatic carbocycles. The van der Waals surface area contributed by atoms with Gasteiger partial charge in [-0.1, -0.05) is 39.2 Å². The van der Waals surface area contributed by atoms with Crippen molar-refractivity contribution in [1.82, 2.24) is 10.6 Å². The van der Waals surface area contributed by atoms with Crippen molar-refractivity contribution < 1.29 is 9.59 Å². The lowest BCUT2D eigenvalue weighted by molar-refractivity contribution is -0.120. The van der Waals surface area contributed by atoms with E-state index in [9.17, 15) is 9.59 Å². The molecule has 1 rings (SSSR count). The number of carbonyl (C=O) groups is 2. The highest BCUT2D eigenvalue weighted by Gasteiger charge is 2.10. The van der Waals surface area contributed by atoms with Gasteiger partial charge < -0.3 is 10.6 Å². The van der Waals surface area contributed by atoms with Crippen LogP contribution in [-0.2, 0) is 4.79 Å². The standard InChI is InChI=1S/C15H24N2O2S/c1-3-5-7-12(4-2)10-16-14(18)11-17-15(19)13-8-6-9-20-13/h6,8-9,12H,3-5,7,10-11H2,1-2H3,(H,16,18)(H,17,19). The summed E-state index contributed by atoms with van der Waals surface area (Å²) in [6.07, 6.45) is 4.60. The largest absolute Gasteiger partial charge is 0.354 e. The molecule has 1 heterocycles. The van der Waals surface area contributed by atoms with Crippen LogP contribution >= 0.6 is 11.3 Å². The smallest absolute Gasteiger partial charge is 0.261 e. The van der Waals surface area contributed by atoms with Crippen molar-refractivity contribution in [3.63, 3.8) is 0 Å². The van der Waals surface area contributed by atoms with Gasteiger partial charge in [-0.3, -0.25) is 9.59 Å². The first kappa shape index (κ1) is 16.7. The molecule has 0 spiro atoms. The topological polar surface area (TPSA) is 58.2 Å². The van der Waals surface area contributed by atoms with Crippen LogP contribution in [0.5, 0.6) is 0 Å². The monoisotopic (exact) mass is 296 g/mol. The normalized spacial score (nSPS) is 11.9. The summed E-state index contributed by atoms with van der Waals surface area (Å²) in [5.74, 6) is 0.227. The van der Waals surface area contributed by atoms with E-state index in [2.05, 4.69) is 24.5 Å². The zero-order valence-corrected chi connectivity index (χ0v) is 13.1. The lowest BCUT2D eigenvalue weighted by Crippen LogP contribution is -2.38. The molecule has 0 aliphatic rings. The van der Waals surface area contributed by atoms with Gasteiger partial charge >= 0.3 is 0 Å². The Labute approximate surface area is 125 Å². The van der Waals surface area contributed by atoms with Gasteiger partial charge in [0.15, 0.2) is 0 Å². The third-order valence-corrected chi connectivity index (χ3v) is 4.15. The second kappa shape index (κ2) is 9.53. The maximum absolute atomic E-state index is 11.7. The van der Waals surface area contributed by atoms with Crippen molar-refractivity contribution in [2.75, 3.05) is 13.1 Å². The number of rotatable bonds is 9. The zero-order chi connectivity index (χ0) is 14.8. The molecule has 0 radical (unpaired) electrons. The van der Waals surface area contributed by atoms with Crippen LogP contribution < -0.4 is 10.6 Å². The second-order valence-corrected chi connectivity index (χ2v) is 5.83. The van der Waals surface area contributed by atoms with E-state index in [1.54, 1.807) is 6.07 Å². The fourth-order valence-corrected chi connectivity index (χ4v) is 2.56. The summed E-state index contributed by atoms with van der Waals surface area (Å²) in [6.45, 7) is 5.06. The molecule has 5 heteroatoms. The highest BCUT2D eigenvalue weighted by molar-refractivity contribution is 7.12. The number of carbonyl (C=O) groups excluding carboxylic acids is 2. The predicted octanol–water partition coefficient (Wildman–Crippen LogP) is 2.81. The fourth-order valence-electron chi connectivity index (χ4n) is 1.92. The van der Waals surface area contributed by atoms with Crippen LogP contribution in [0.15, 0.2) is 17.5 Å². The van der Waals surface area contributed by atoms with Gasteiger partial charge in [0.2, 0.25) is 5.91 Å². The van der Waals surface area contributed by atoms with Crippen LogP contribution in [0.25, 0.3) is 0 Å². The Morgan fingerprint density at radius 2 is 2.10 bits per heavy atom. The van der Waals surface area contributed by atoms with Crippen LogP contribution in [0.4, 0.5) is 0 Å². The van der Waals surface area contributed by atoms with Crippen LogP contribution in [-0.4, -0.2) is 24.9 Å². The van der Waals surface area contributed by atoms with Gasteiger partial charge in [0.05, 0.1) is 11.4 Å². The van der Waals surface area contributed by atoms with Gasteiger partial charge in [0.25, 0.3) is 5.91 Å². The maximum Gasteiger partial charge on any atom is 0.261 e. The Balaban J connectivity index is 2.21. The van der Waals surface area contributed by atoms with Crippen LogP contribution in [0.1, 0.15) is 49.2 Å². The van der Waals surface area contributed by atoms with Crippen molar-refractivity contribution in [2.45, 2.75) is 39.5 Å². The molecule has 2 N–H and O–H groups in total. The van der Waals surface area contributed by atoms with Crippen LogP contribution in [0.2, 0.25) is 0 Å². The maximum atomic E-state index is 11.7. The minimum atomic E-state index is -0.187. The average molecular weight is 296 g/mol. The Morgan fingerprint density at radius 1 is 1.30 bits per heavy atom. The second-order valence-electron chi connectivity index (χ2n) is 4.88. The zero-order valence-electron chi connectivity index (χ0n) is 12.3. The van der Waals surface area contributed by atoms with Gasteiger partial charge in [0.1, 0.15) is 0 Å². The number of hydrogen-bond acceptors (Lipinski definition) is 3. The van der Waals surface area contributed by atoms with Gasteiger partial charge in [-0.25, -0.2) is 0 Å². The number of unbranched alkanes of at least 4 members (excludes halogenated alkanes) is 1. The van der Waals surface area contributed by atoms with Crippen molar-refractivity contribution in [2.24, 2.45) is 5.92 Å². The third kappa shape index (κ3) is 6.19. The first-order valence-electron chi connectivity index (χ1n) is 7.25. The third-order valence-electron chi connectivity index (χ3n) is 3.29. The molecular formula is C15H24N2O2S. The first-order valence-corrected chi connectivity index (χ1v) is 8.13. The molecule has 4 nitrogen and oxygen atoms in total. The summed E-state index contributed by atoms with van der Waals surface area (Å²) in [6, 6.07) is 3.56. The van der Waals surface area contributed by atoms with E-state index in [0.29, 0.717) is 17.3 Å². The molecule has 1 aromatic heterocycles. The molecule has 2 amide bonds. The summed E-state index contributed by atoms with van der Waals surface area (Å²) < 4.78 is 0. The molecule has 0 saturated heterocycles.